The second-order valence-electron chi connectivity index (χ2n) is 7.20. The number of amides is 1. The summed E-state index contributed by atoms with van der Waals surface area (Å²) in [6, 6.07) is 7.99. The normalized spacial score (nSPS) is 11.4. The van der Waals surface area contributed by atoms with E-state index in [1.165, 1.54) is 11.8 Å². The number of nitrogens with zero attached hydrogens (tertiary/aromatic N) is 2. The van der Waals surface area contributed by atoms with Crippen molar-refractivity contribution in [2.24, 2.45) is 0 Å². The Morgan fingerprint density at radius 2 is 1.72 bits per heavy atom. The zero-order valence-corrected chi connectivity index (χ0v) is 16.8. The van der Waals surface area contributed by atoms with Crippen molar-refractivity contribution in [1.82, 2.24) is 9.97 Å². The Balaban J connectivity index is 2.08. The number of carbonyl (C=O) groups excluding carboxylic acids is 1. The number of nitrogens with one attached hydrogen (secondary N) is 1. The van der Waals surface area contributed by atoms with Crippen LogP contribution in [0.1, 0.15) is 49.7 Å². The van der Waals surface area contributed by atoms with Gasteiger partial charge in [-0.3, -0.25) is 4.79 Å². The molecule has 134 valence electrons. The molecule has 5 heteroatoms. The molecule has 0 unspecified atom stereocenters. The number of hydrogen-bond acceptors (Lipinski definition) is 4. The van der Waals surface area contributed by atoms with Crippen LogP contribution in [0.2, 0.25) is 0 Å². The zero-order valence-electron chi connectivity index (χ0n) is 15.9. The Hall–Kier alpha value is -1.88. The molecule has 2 aromatic rings. The Labute approximate surface area is 154 Å². The van der Waals surface area contributed by atoms with E-state index in [0.717, 1.165) is 33.4 Å². The second-order valence-corrected chi connectivity index (χ2v) is 7.98. The van der Waals surface area contributed by atoms with Gasteiger partial charge in [0.05, 0.1) is 0 Å². The number of aromatic nitrogens is 2. The molecule has 1 amide bonds. The fourth-order valence-electron chi connectivity index (χ4n) is 2.86. The van der Waals surface area contributed by atoms with Crippen LogP contribution in [0.5, 0.6) is 0 Å². The third-order valence-corrected chi connectivity index (χ3v) is 4.74. The Bertz CT molecular complexity index is 743. The molecule has 0 aliphatic carbocycles. The quantitative estimate of drug-likeness (QED) is 0.623. The third-order valence-electron chi connectivity index (χ3n) is 4.19. The molecule has 0 radical (unpaired) electrons. The molecule has 0 bridgehead atoms. The molecule has 2 rings (SSSR count). The lowest BCUT2D eigenvalue weighted by atomic mass is 9.86. The number of para-hydroxylation sites is 1. The van der Waals surface area contributed by atoms with Gasteiger partial charge >= 0.3 is 0 Å². The van der Waals surface area contributed by atoms with Gasteiger partial charge < -0.3 is 5.32 Å². The standard InChI is InChI=1S/C20H27N3OS/c1-13-15(14(2)22-19(21-13)25-6)11-12-18(24)23-17-10-8-7-9-16(17)20(3,4)5/h7-10H,11-12H2,1-6H3,(H,23,24). The van der Waals surface area contributed by atoms with Crippen molar-refractivity contribution in [3.63, 3.8) is 0 Å². The molecule has 0 atom stereocenters. The SMILES string of the molecule is CSc1nc(C)c(CCC(=O)Nc2ccccc2C(C)(C)C)c(C)n1. The molecule has 0 aliphatic heterocycles. The van der Waals surface area contributed by atoms with E-state index in [1.807, 2.05) is 38.3 Å². The maximum atomic E-state index is 12.5. The van der Waals surface area contributed by atoms with Crippen molar-refractivity contribution in [2.45, 2.75) is 58.0 Å². The Morgan fingerprint density at radius 3 is 2.28 bits per heavy atom. The highest BCUT2D eigenvalue weighted by Gasteiger charge is 2.18. The van der Waals surface area contributed by atoms with Crippen molar-refractivity contribution in [2.75, 3.05) is 11.6 Å². The summed E-state index contributed by atoms with van der Waals surface area (Å²) < 4.78 is 0. The van der Waals surface area contributed by atoms with Crippen molar-refractivity contribution < 1.29 is 4.79 Å². The van der Waals surface area contributed by atoms with Gasteiger partial charge in [0.1, 0.15) is 0 Å². The van der Waals surface area contributed by atoms with Gasteiger partial charge in [0.2, 0.25) is 5.91 Å². The molecule has 0 saturated heterocycles. The summed E-state index contributed by atoms with van der Waals surface area (Å²) in [6.07, 6.45) is 3.03. The number of aryl methyl sites for hydroxylation is 2. The van der Waals surface area contributed by atoms with Crippen molar-refractivity contribution in [1.29, 1.82) is 0 Å². The number of carbonyl (C=O) groups is 1. The van der Waals surface area contributed by atoms with E-state index < -0.39 is 0 Å². The highest BCUT2D eigenvalue weighted by molar-refractivity contribution is 7.98. The van der Waals surface area contributed by atoms with Crippen LogP contribution in [-0.4, -0.2) is 22.1 Å². The Kier molecular flexibility index (Phi) is 6.22. The van der Waals surface area contributed by atoms with E-state index in [-0.39, 0.29) is 11.3 Å². The molecule has 0 saturated carbocycles. The van der Waals surface area contributed by atoms with Gasteiger partial charge in [-0.1, -0.05) is 50.7 Å². The van der Waals surface area contributed by atoms with E-state index in [4.69, 9.17) is 0 Å². The van der Waals surface area contributed by atoms with E-state index in [9.17, 15) is 4.79 Å². The fraction of sp³-hybridized carbons (Fsp3) is 0.450. The van der Waals surface area contributed by atoms with Gasteiger partial charge in [-0.25, -0.2) is 9.97 Å². The first kappa shape index (κ1) is 19.4. The lowest BCUT2D eigenvalue weighted by molar-refractivity contribution is -0.116. The third kappa shape index (κ3) is 5.05. The monoisotopic (exact) mass is 357 g/mol. The summed E-state index contributed by atoms with van der Waals surface area (Å²) in [5.41, 5.74) is 5.00. The van der Waals surface area contributed by atoms with E-state index in [1.54, 1.807) is 0 Å². The minimum absolute atomic E-state index is 0.0153. The topological polar surface area (TPSA) is 54.9 Å². The summed E-state index contributed by atoms with van der Waals surface area (Å²) in [7, 11) is 0. The van der Waals surface area contributed by atoms with Crippen LogP contribution in [0, 0.1) is 13.8 Å². The number of hydrogen-bond donors (Lipinski definition) is 1. The van der Waals surface area contributed by atoms with Gasteiger partial charge in [-0.2, -0.15) is 0 Å². The Morgan fingerprint density at radius 1 is 1.12 bits per heavy atom. The first-order chi connectivity index (χ1) is 11.7. The minimum Gasteiger partial charge on any atom is -0.326 e. The molecule has 1 aromatic carbocycles. The number of rotatable bonds is 5. The van der Waals surface area contributed by atoms with Crippen LogP contribution in [0.25, 0.3) is 0 Å². The molecule has 1 heterocycles. The van der Waals surface area contributed by atoms with E-state index in [2.05, 4.69) is 42.1 Å². The lowest BCUT2D eigenvalue weighted by Crippen LogP contribution is -2.19. The first-order valence-electron chi connectivity index (χ1n) is 8.50. The zero-order chi connectivity index (χ0) is 18.6. The van der Waals surface area contributed by atoms with Crippen molar-refractivity contribution in [3.05, 3.63) is 46.8 Å². The van der Waals surface area contributed by atoms with Crippen LogP contribution in [0.15, 0.2) is 29.4 Å². The predicted octanol–water partition coefficient (Wildman–Crippen LogP) is 4.68. The molecule has 0 fully saturated rings. The molecule has 1 N–H and O–H groups in total. The van der Waals surface area contributed by atoms with Gasteiger partial charge in [0.15, 0.2) is 5.16 Å². The maximum Gasteiger partial charge on any atom is 0.224 e. The van der Waals surface area contributed by atoms with Crippen LogP contribution < -0.4 is 5.32 Å². The summed E-state index contributed by atoms with van der Waals surface area (Å²) >= 11 is 1.53. The molecule has 4 nitrogen and oxygen atoms in total. The van der Waals surface area contributed by atoms with E-state index in [0.29, 0.717) is 12.8 Å². The smallest absolute Gasteiger partial charge is 0.224 e. The molecular formula is C20H27N3OS. The first-order valence-corrected chi connectivity index (χ1v) is 9.72. The van der Waals surface area contributed by atoms with Gasteiger partial charge in [0, 0.05) is 23.5 Å². The molecule has 1 aromatic heterocycles. The lowest BCUT2D eigenvalue weighted by Gasteiger charge is -2.23. The maximum absolute atomic E-state index is 12.5. The predicted molar refractivity (Wildman–Crippen MR) is 105 cm³/mol. The van der Waals surface area contributed by atoms with Crippen molar-refractivity contribution >= 4 is 23.4 Å². The number of anilines is 1. The van der Waals surface area contributed by atoms with Crippen LogP contribution in [0.4, 0.5) is 5.69 Å². The number of thioether (sulfide) groups is 1. The van der Waals surface area contributed by atoms with E-state index >= 15 is 0 Å². The molecule has 0 spiro atoms. The average molecular weight is 358 g/mol. The summed E-state index contributed by atoms with van der Waals surface area (Å²) in [6.45, 7) is 10.4. The average Bonchev–Trinajstić information content (AvgIpc) is 2.53. The summed E-state index contributed by atoms with van der Waals surface area (Å²) in [5.74, 6) is 0.0180. The molecule has 0 aliphatic rings. The largest absolute Gasteiger partial charge is 0.326 e. The highest BCUT2D eigenvalue weighted by Crippen LogP contribution is 2.29. The number of benzene rings is 1. The van der Waals surface area contributed by atoms with Crippen molar-refractivity contribution in [3.8, 4) is 0 Å². The van der Waals surface area contributed by atoms with Gasteiger partial charge in [-0.05, 0) is 49.1 Å². The summed E-state index contributed by atoms with van der Waals surface area (Å²) in [5, 5.41) is 3.84. The molecule has 25 heavy (non-hydrogen) atoms. The second kappa shape index (κ2) is 8.00. The summed E-state index contributed by atoms with van der Waals surface area (Å²) in [4.78, 5) is 21.4. The fourth-order valence-corrected chi connectivity index (χ4v) is 3.32. The minimum atomic E-state index is -0.0153. The highest BCUT2D eigenvalue weighted by atomic mass is 32.2. The van der Waals surface area contributed by atoms with Crippen LogP contribution in [0.3, 0.4) is 0 Å². The van der Waals surface area contributed by atoms with Crippen LogP contribution in [-0.2, 0) is 16.6 Å². The van der Waals surface area contributed by atoms with Crippen LogP contribution >= 0.6 is 11.8 Å². The van der Waals surface area contributed by atoms with Gasteiger partial charge in [-0.15, -0.1) is 0 Å². The molecular weight excluding hydrogens is 330 g/mol. The van der Waals surface area contributed by atoms with Gasteiger partial charge in [0.25, 0.3) is 0 Å².